The molecule has 1 N–H and O–H groups in total. The smallest absolute Gasteiger partial charge is 0.224 e. The van der Waals surface area contributed by atoms with Crippen LogP contribution in [-0.2, 0) is 11.3 Å². The summed E-state index contributed by atoms with van der Waals surface area (Å²) in [4.78, 5) is 14.2. The first-order chi connectivity index (χ1) is 9.69. The van der Waals surface area contributed by atoms with E-state index in [-0.39, 0.29) is 11.8 Å². The molecule has 2 saturated heterocycles. The monoisotopic (exact) mass is 333 g/mol. The minimum absolute atomic E-state index is 0.154. The van der Waals surface area contributed by atoms with Gasteiger partial charge in [0.15, 0.2) is 0 Å². The molecule has 2 fully saturated rings. The van der Waals surface area contributed by atoms with E-state index in [2.05, 4.69) is 32.2 Å². The van der Waals surface area contributed by atoms with Gasteiger partial charge in [-0.05, 0) is 37.1 Å². The molecule has 20 heavy (non-hydrogen) atoms. The van der Waals surface area contributed by atoms with Crippen molar-refractivity contribution < 1.29 is 4.79 Å². The molecular formula is C15H16BrN3O. The first-order valence-electron chi connectivity index (χ1n) is 6.89. The van der Waals surface area contributed by atoms with Gasteiger partial charge < -0.3 is 5.32 Å². The van der Waals surface area contributed by atoms with Gasteiger partial charge in [0.05, 0.1) is 17.6 Å². The van der Waals surface area contributed by atoms with E-state index in [1.165, 1.54) is 5.56 Å². The minimum atomic E-state index is 0.154. The highest BCUT2D eigenvalue weighted by atomic mass is 79.9. The number of amides is 1. The number of nitrogens with zero attached hydrogens (tertiary/aromatic N) is 2. The molecule has 2 aliphatic rings. The number of carbonyl (C=O) groups is 1. The second-order valence-corrected chi connectivity index (χ2v) is 6.30. The van der Waals surface area contributed by atoms with Crippen LogP contribution in [0.25, 0.3) is 0 Å². The first kappa shape index (κ1) is 13.6. The van der Waals surface area contributed by atoms with Crippen molar-refractivity contribution in [1.29, 1.82) is 5.26 Å². The van der Waals surface area contributed by atoms with Crippen LogP contribution in [0, 0.1) is 17.2 Å². The van der Waals surface area contributed by atoms with Crippen LogP contribution in [0.3, 0.4) is 0 Å². The Labute approximate surface area is 126 Å². The SMILES string of the molecule is N#Cc1ccc(CN2CCC[C@H]3C(=O)NC[C@H]32)c(Br)c1. The first-order valence-corrected chi connectivity index (χ1v) is 7.68. The third-order valence-corrected chi connectivity index (χ3v) is 5.01. The lowest BCUT2D eigenvalue weighted by Crippen LogP contribution is -2.44. The van der Waals surface area contributed by atoms with Gasteiger partial charge in [0.1, 0.15) is 0 Å². The van der Waals surface area contributed by atoms with Crippen molar-refractivity contribution in [3.8, 4) is 6.07 Å². The fraction of sp³-hybridized carbons (Fsp3) is 0.467. The van der Waals surface area contributed by atoms with Gasteiger partial charge in [0.2, 0.25) is 5.91 Å². The van der Waals surface area contributed by atoms with Crippen molar-refractivity contribution in [1.82, 2.24) is 10.2 Å². The van der Waals surface area contributed by atoms with E-state index in [0.717, 1.165) is 36.9 Å². The molecule has 0 aliphatic carbocycles. The molecule has 5 heteroatoms. The van der Waals surface area contributed by atoms with Gasteiger partial charge in [-0.1, -0.05) is 22.0 Å². The van der Waals surface area contributed by atoms with E-state index >= 15 is 0 Å². The lowest BCUT2D eigenvalue weighted by Gasteiger charge is -2.36. The molecule has 3 rings (SSSR count). The molecule has 0 spiro atoms. The summed E-state index contributed by atoms with van der Waals surface area (Å²) < 4.78 is 0.968. The summed E-state index contributed by atoms with van der Waals surface area (Å²) in [5, 5.41) is 11.9. The van der Waals surface area contributed by atoms with Crippen LogP contribution in [0.2, 0.25) is 0 Å². The quantitative estimate of drug-likeness (QED) is 0.900. The van der Waals surface area contributed by atoms with E-state index < -0.39 is 0 Å². The van der Waals surface area contributed by atoms with Crippen LogP contribution in [-0.4, -0.2) is 29.9 Å². The molecule has 2 aliphatic heterocycles. The lowest BCUT2D eigenvalue weighted by molar-refractivity contribution is -0.124. The van der Waals surface area contributed by atoms with E-state index in [9.17, 15) is 4.79 Å². The van der Waals surface area contributed by atoms with Gasteiger partial charge in [-0.15, -0.1) is 0 Å². The molecule has 0 aromatic heterocycles. The normalized spacial score (nSPS) is 25.9. The van der Waals surface area contributed by atoms with E-state index in [0.29, 0.717) is 11.6 Å². The molecule has 0 saturated carbocycles. The summed E-state index contributed by atoms with van der Waals surface area (Å²) in [5.41, 5.74) is 1.83. The van der Waals surface area contributed by atoms with Gasteiger partial charge in [0.25, 0.3) is 0 Å². The number of carbonyl (C=O) groups excluding carboxylic acids is 1. The average Bonchev–Trinajstić information content (AvgIpc) is 2.84. The molecule has 2 heterocycles. The van der Waals surface area contributed by atoms with Crippen molar-refractivity contribution in [2.24, 2.45) is 5.92 Å². The van der Waals surface area contributed by atoms with Crippen molar-refractivity contribution >= 4 is 21.8 Å². The second kappa shape index (κ2) is 5.55. The Hall–Kier alpha value is -1.38. The number of hydrogen-bond donors (Lipinski definition) is 1. The maximum Gasteiger partial charge on any atom is 0.224 e. The van der Waals surface area contributed by atoms with Gasteiger partial charge in [-0.25, -0.2) is 0 Å². The lowest BCUT2D eigenvalue weighted by atomic mass is 9.91. The van der Waals surface area contributed by atoms with Gasteiger partial charge in [0, 0.05) is 23.6 Å². The number of fused-ring (bicyclic) bond motifs is 1. The van der Waals surface area contributed by atoms with Crippen LogP contribution < -0.4 is 5.32 Å². The summed E-state index contributed by atoms with van der Waals surface area (Å²) in [6, 6.07) is 8.16. The summed E-state index contributed by atoms with van der Waals surface area (Å²) in [5.74, 6) is 0.361. The molecule has 104 valence electrons. The van der Waals surface area contributed by atoms with Crippen molar-refractivity contribution in [3.05, 3.63) is 33.8 Å². The summed E-state index contributed by atoms with van der Waals surface area (Å²) >= 11 is 3.54. The van der Waals surface area contributed by atoms with Crippen molar-refractivity contribution in [3.63, 3.8) is 0 Å². The number of nitrogens with one attached hydrogen (secondary N) is 1. The van der Waals surface area contributed by atoms with Crippen LogP contribution in [0.1, 0.15) is 24.0 Å². The maximum atomic E-state index is 11.8. The van der Waals surface area contributed by atoms with Gasteiger partial charge >= 0.3 is 0 Å². The predicted molar refractivity (Wildman–Crippen MR) is 78.8 cm³/mol. The number of hydrogen-bond acceptors (Lipinski definition) is 3. The minimum Gasteiger partial charge on any atom is -0.354 e. The summed E-state index contributed by atoms with van der Waals surface area (Å²) in [6.45, 7) is 2.61. The Kier molecular flexibility index (Phi) is 3.77. The van der Waals surface area contributed by atoms with E-state index in [1.54, 1.807) is 0 Å². The van der Waals surface area contributed by atoms with Gasteiger partial charge in [-0.3, -0.25) is 9.69 Å². The number of piperidine rings is 1. The van der Waals surface area contributed by atoms with E-state index in [4.69, 9.17) is 5.26 Å². The molecule has 0 bridgehead atoms. The Morgan fingerprint density at radius 2 is 2.35 bits per heavy atom. The molecular weight excluding hydrogens is 318 g/mol. The van der Waals surface area contributed by atoms with Crippen LogP contribution >= 0.6 is 15.9 Å². The Morgan fingerprint density at radius 3 is 3.10 bits per heavy atom. The molecule has 0 radical (unpaired) electrons. The molecule has 1 amide bonds. The standard InChI is InChI=1S/C15H16BrN3O/c16-13-6-10(7-17)3-4-11(13)9-19-5-1-2-12-14(19)8-18-15(12)20/h3-4,6,12,14H,1-2,5,8-9H2,(H,18,20)/t12-,14-/m1/s1. The van der Waals surface area contributed by atoms with Crippen LogP contribution in [0.4, 0.5) is 0 Å². The molecule has 1 aromatic rings. The highest BCUT2D eigenvalue weighted by molar-refractivity contribution is 9.10. The number of rotatable bonds is 2. The Bertz CT molecular complexity index is 581. The number of halogens is 1. The molecule has 1 aromatic carbocycles. The van der Waals surface area contributed by atoms with Crippen molar-refractivity contribution in [2.45, 2.75) is 25.4 Å². The number of nitriles is 1. The predicted octanol–water partition coefficient (Wildman–Crippen LogP) is 2.03. The topological polar surface area (TPSA) is 56.1 Å². The number of benzene rings is 1. The zero-order valence-corrected chi connectivity index (χ0v) is 12.7. The fourth-order valence-corrected chi connectivity index (χ4v) is 3.70. The largest absolute Gasteiger partial charge is 0.354 e. The fourth-order valence-electron chi connectivity index (χ4n) is 3.20. The number of likely N-dealkylation sites (tertiary alicyclic amines) is 1. The van der Waals surface area contributed by atoms with Gasteiger partial charge in [-0.2, -0.15) is 5.26 Å². The third kappa shape index (κ3) is 2.46. The average molecular weight is 334 g/mol. The highest BCUT2D eigenvalue weighted by Gasteiger charge is 2.40. The van der Waals surface area contributed by atoms with Crippen LogP contribution in [0.15, 0.2) is 22.7 Å². The molecule has 0 unspecified atom stereocenters. The highest BCUT2D eigenvalue weighted by Crippen LogP contribution is 2.30. The Morgan fingerprint density at radius 1 is 1.50 bits per heavy atom. The second-order valence-electron chi connectivity index (χ2n) is 5.45. The zero-order valence-electron chi connectivity index (χ0n) is 11.1. The van der Waals surface area contributed by atoms with E-state index in [1.807, 2.05) is 18.2 Å². The van der Waals surface area contributed by atoms with Crippen molar-refractivity contribution in [2.75, 3.05) is 13.1 Å². The summed E-state index contributed by atoms with van der Waals surface area (Å²) in [6.07, 6.45) is 2.07. The molecule has 2 atom stereocenters. The summed E-state index contributed by atoms with van der Waals surface area (Å²) in [7, 11) is 0. The zero-order chi connectivity index (χ0) is 14.1. The molecule has 4 nitrogen and oxygen atoms in total. The third-order valence-electron chi connectivity index (χ3n) is 4.27. The maximum absolute atomic E-state index is 11.8. The van der Waals surface area contributed by atoms with Crippen LogP contribution in [0.5, 0.6) is 0 Å². The Balaban J connectivity index is 1.77.